The fourth-order valence-corrected chi connectivity index (χ4v) is 3.83. The summed E-state index contributed by atoms with van der Waals surface area (Å²) in [6, 6.07) is 5.59. The standard InChI is InChI=1S/C19H20ClF3N4O2/c20-12-5-3-11(4-6-12)14-8-16(19(21,22)23)27-17(25-14)9-15(26-27)18(28)24-10-13-2-1-7-29-13/h3-6,9,13-14,16,25H,1-2,7-8,10H2,(H,24,28)/t13-,14-,16+/m0/s1. The molecule has 3 heterocycles. The lowest BCUT2D eigenvalue weighted by molar-refractivity contribution is -0.173. The number of benzene rings is 1. The number of fused-ring (bicyclic) bond motifs is 1. The largest absolute Gasteiger partial charge is 0.410 e. The Morgan fingerprint density at radius 2 is 2.10 bits per heavy atom. The van der Waals surface area contributed by atoms with Gasteiger partial charge in [-0.25, -0.2) is 4.68 Å². The van der Waals surface area contributed by atoms with Gasteiger partial charge in [-0.1, -0.05) is 23.7 Å². The van der Waals surface area contributed by atoms with E-state index in [9.17, 15) is 18.0 Å². The molecular formula is C19H20ClF3N4O2. The highest BCUT2D eigenvalue weighted by atomic mass is 35.5. The van der Waals surface area contributed by atoms with Crippen molar-refractivity contribution in [2.24, 2.45) is 0 Å². The molecule has 0 radical (unpaired) electrons. The Morgan fingerprint density at radius 3 is 2.76 bits per heavy atom. The number of halogens is 4. The van der Waals surface area contributed by atoms with Gasteiger partial charge in [0.2, 0.25) is 0 Å². The molecule has 4 rings (SSSR count). The minimum atomic E-state index is -4.50. The van der Waals surface area contributed by atoms with Crippen molar-refractivity contribution in [3.8, 4) is 0 Å². The first-order chi connectivity index (χ1) is 13.8. The monoisotopic (exact) mass is 428 g/mol. The van der Waals surface area contributed by atoms with Crippen molar-refractivity contribution in [1.29, 1.82) is 0 Å². The van der Waals surface area contributed by atoms with E-state index in [0.717, 1.165) is 17.5 Å². The van der Waals surface area contributed by atoms with Gasteiger partial charge in [0, 0.05) is 30.7 Å². The summed E-state index contributed by atoms with van der Waals surface area (Å²) in [5, 5.41) is 10.2. The van der Waals surface area contributed by atoms with Crippen molar-refractivity contribution >= 4 is 23.3 Å². The van der Waals surface area contributed by atoms with Crippen LogP contribution in [0.3, 0.4) is 0 Å². The SMILES string of the molecule is O=C(NC[C@@H]1CCCO1)c1cc2n(n1)[C@@H](C(F)(F)F)C[C@@H](c1ccc(Cl)cc1)N2. The van der Waals surface area contributed by atoms with E-state index in [2.05, 4.69) is 15.7 Å². The quantitative estimate of drug-likeness (QED) is 0.769. The predicted molar refractivity (Wildman–Crippen MR) is 101 cm³/mol. The van der Waals surface area contributed by atoms with Crippen LogP contribution in [-0.4, -0.2) is 41.1 Å². The fraction of sp³-hybridized carbons (Fsp3) is 0.474. The molecule has 1 amide bonds. The second kappa shape index (κ2) is 7.87. The van der Waals surface area contributed by atoms with Gasteiger partial charge in [0.1, 0.15) is 5.82 Å². The molecule has 2 aliphatic heterocycles. The molecule has 0 aliphatic carbocycles. The summed E-state index contributed by atoms with van der Waals surface area (Å²) in [5.74, 6) is -0.367. The highest BCUT2D eigenvalue weighted by Gasteiger charge is 2.46. The molecule has 1 saturated heterocycles. The summed E-state index contributed by atoms with van der Waals surface area (Å²) in [6.07, 6.45) is -3.02. The number of hydrogen-bond acceptors (Lipinski definition) is 4. The average molecular weight is 429 g/mol. The van der Waals surface area contributed by atoms with E-state index in [0.29, 0.717) is 23.7 Å². The third-order valence-electron chi connectivity index (χ3n) is 5.21. The minimum Gasteiger partial charge on any atom is -0.376 e. The van der Waals surface area contributed by atoms with Crippen LogP contribution in [-0.2, 0) is 4.74 Å². The highest BCUT2D eigenvalue weighted by molar-refractivity contribution is 6.30. The number of nitrogens with zero attached hydrogens (tertiary/aromatic N) is 2. The van der Waals surface area contributed by atoms with Gasteiger partial charge in [0.15, 0.2) is 11.7 Å². The van der Waals surface area contributed by atoms with Gasteiger partial charge in [-0.2, -0.15) is 18.3 Å². The maximum atomic E-state index is 13.7. The van der Waals surface area contributed by atoms with Gasteiger partial charge in [0.05, 0.1) is 12.1 Å². The van der Waals surface area contributed by atoms with E-state index in [-0.39, 0.29) is 24.0 Å². The maximum Gasteiger partial charge on any atom is 0.410 e. The number of aromatic nitrogens is 2. The van der Waals surface area contributed by atoms with Gasteiger partial charge >= 0.3 is 6.18 Å². The number of anilines is 1. The Balaban J connectivity index is 1.56. The predicted octanol–water partition coefficient (Wildman–Crippen LogP) is 4.11. The number of nitrogens with one attached hydrogen (secondary N) is 2. The summed E-state index contributed by atoms with van der Waals surface area (Å²) < 4.78 is 47.4. The van der Waals surface area contributed by atoms with Gasteiger partial charge in [-0.3, -0.25) is 4.79 Å². The molecule has 1 fully saturated rings. The number of rotatable bonds is 4. The molecule has 1 aromatic heterocycles. The van der Waals surface area contributed by atoms with E-state index >= 15 is 0 Å². The Bertz CT molecular complexity index is 879. The molecule has 6 nitrogen and oxygen atoms in total. The first kappa shape index (κ1) is 20.0. The smallest absolute Gasteiger partial charge is 0.376 e. The molecule has 0 spiro atoms. The van der Waals surface area contributed by atoms with E-state index < -0.39 is 24.2 Å². The number of ether oxygens (including phenoxy) is 1. The fourth-order valence-electron chi connectivity index (χ4n) is 3.70. The first-order valence-electron chi connectivity index (χ1n) is 9.39. The summed E-state index contributed by atoms with van der Waals surface area (Å²) in [4.78, 5) is 12.4. The minimum absolute atomic E-state index is 0.0588. The molecule has 0 saturated carbocycles. The van der Waals surface area contributed by atoms with Gasteiger partial charge in [-0.15, -0.1) is 0 Å². The van der Waals surface area contributed by atoms with E-state index in [4.69, 9.17) is 16.3 Å². The molecule has 0 unspecified atom stereocenters. The topological polar surface area (TPSA) is 68.2 Å². The molecular weight excluding hydrogens is 409 g/mol. The first-order valence-corrected chi connectivity index (χ1v) is 9.77. The molecule has 2 N–H and O–H groups in total. The van der Waals surface area contributed by atoms with Crippen LogP contribution in [0.2, 0.25) is 5.02 Å². The second-order valence-electron chi connectivity index (χ2n) is 7.25. The number of carbonyl (C=O) groups is 1. The van der Waals surface area contributed by atoms with Crippen LogP contribution in [0.4, 0.5) is 19.0 Å². The zero-order chi connectivity index (χ0) is 20.6. The lowest BCUT2D eigenvalue weighted by atomic mass is 9.97. The third kappa shape index (κ3) is 4.35. The van der Waals surface area contributed by atoms with Crippen LogP contribution in [0.25, 0.3) is 0 Å². The molecule has 2 aromatic rings. The zero-order valence-corrected chi connectivity index (χ0v) is 16.1. The highest BCUT2D eigenvalue weighted by Crippen LogP contribution is 2.43. The lowest BCUT2D eigenvalue weighted by Gasteiger charge is -2.33. The lowest BCUT2D eigenvalue weighted by Crippen LogP contribution is -2.36. The van der Waals surface area contributed by atoms with Crippen molar-refractivity contribution in [2.75, 3.05) is 18.5 Å². The Kier molecular flexibility index (Phi) is 5.44. The molecule has 156 valence electrons. The zero-order valence-electron chi connectivity index (χ0n) is 15.4. The Labute approximate surface area is 170 Å². The summed E-state index contributed by atoms with van der Waals surface area (Å²) in [6.45, 7) is 0.965. The van der Waals surface area contributed by atoms with Crippen molar-refractivity contribution in [3.05, 3.63) is 46.6 Å². The molecule has 0 bridgehead atoms. The number of carbonyl (C=O) groups excluding carboxylic acids is 1. The van der Waals surface area contributed by atoms with Crippen LogP contribution >= 0.6 is 11.6 Å². The van der Waals surface area contributed by atoms with Crippen molar-refractivity contribution in [1.82, 2.24) is 15.1 Å². The van der Waals surface area contributed by atoms with Gasteiger partial charge in [0.25, 0.3) is 5.91 Å². The van der Waals surface area contributed by atoms with E-state index in [1.165, 1.54) is 6.07 Å². The van der Waals surface area contributed by atoms with Crippen LogP contribution in [0.15, 0.2) is 30.3 Å². The van der Waals surface area contributed by atoms with Crippen LogP contribution in [0, 0.1) is 0 Å². The van der Waals surface area contributed by atoms with Crippen LogP contribution < -0.4 is 10.6 Å². The number of hydrogen-bond donors (Lipinski definition) is 2. The second-order valence-corrected chi connectivity index (χ2v) is 7.68. The molecule has 2 aliphatic rings. The summed E-state index contributed by atoms with van der Waals surface area (Å²) >= 11 is 5.88. The third-order valence-corrected chi connectivity index (χ3v) is 5.46. The Hall–Kier alpha value is -2.26. The van der Waals surface area contributed by atoms with Crippen molar-refractivity contribution in [3.63, 3.8) is 0 Å². The normalized spacial score (nSPS) is 24.1. The van der Waals surface area contributed by atoms with Crippen LogP contribution in [0.5, 0.6) is 0 Å². The van der Waals surface area contributed by atoms with Gasteiger partial charge in [-0.05, 0) is 30.5 Å². The van der Waals surface area contributed by atoms with E-state index in [1.807, 2.05) is 0 Å². The Morgan fingerprint density at radius 1 is 1.34 bits per heavy atom. The van der Waals surface area contributed by atoms with Gasteiger partial charge < -0.3 is 15.4 Å². The maximum absolute atomic E-state index is 13.7. The summed E-state index contributed by atoms with van der Waals surface area (Å²) in [7, 11) is 0. The average Bonchev–Trinajstić information content (AvgIpc) is 3.34. The molecule has 10 heteroatoms. The molecule has 1 aromatic carbocycles. The van der Waals surface area contributed by atoms with Crippen molar-refractivity contribution in [2.45, 2.75) is 43.6 Å². The van der Waals surface area contributed by atoms with E-state index in [1.54, 1.807) is 24.3 Å². The summed E-state index contributed by atoms with van der Waals surface area (Å²) in [5.41, 5.74) is 0.622. The molecule has 3 atom stereocenters. The van der Waals surface area contributed by atoms with Crippen molar-refractivity contribution < 1.29 is 22.7 Å². The van der Waals surface area contributed by atoms with Crippen LogP contribution in [0.1, 0.15) is 47.4 Å². The number of alkyl halides is 3. The molecule has 29 heavy (non-hydrogen) atoms. The number of amides is 1.